The van der Waals surface area contributed by atoms with Gasteiger partial charge in [-0.25, -0.2) is 4.39 Å². The quantitative estimate of drug-likeness (QED) is 0.786. The molecule has 0 saturated heterocycles. The molecule has 2 N–H and O–H groups in total. The second kappa shape index (κ2) is 7.34. The van der Waals surface area contributed by atoms with E-state index in [4.69, 9.17) is 9.84 Å². The molecule has 0 bridgehead atoms. The fourth-order valence-electron chi connectivity index (χ4n) is 1.69. The second-order valence-corrected chi connectivity index (χ2v) is 4.56. The Morgan fingerprint density at radius 2 is 2.11 bits per heavy atom. The Kier molecular flexibility index (Phi) is 6.09. The van der Waals surface area contributed by atoms with Crippen molar-refractivity contribution in [3.8, 4) is 5.75 Å². The summed E-state index contributed by atoms with van der Waals surface area (Å²) in [6.07, 6.45) is 0. The lowest BCUT2D eigenvalue weighted by Crippen LogP contribution is -2.20. The summed E-state index contributed by atoms with van der Waals surface area (Å²) in [6, 6.07) is 4.56. The summed E-state index contributed by atoms with van der Waals surface area (Å²) in [7, 11) is 0. The van der Waals surface area contributed by atoms with E-state index in [1.807, 2.05) is 20.8 Å². The van der Waals surface area contributed by atoms with Crippen LogP contribution in [0.25, 0.3) is 0 Å². The molecule has 0 saturated carbocycles. The van der Waals surface area contributed by atoms with Crippen LogP contribution < -0.4 is 10.1 Å². The highest BCUT2D eigenvalue weighted by Crippen LogP contribution is 2.26. The van der Waals surface area contributed by atoms with Crippen molar-refractivity contribution in [2.75, 3.05) is 19.8 Å². The Morgan fingerprint density at radius 1 is 1.39 bits per heavy atom. The zero-order valence-electron chi connectivity index (χ0n) is 11.2. The molecule has 3 nitrogen and oxygen atoms in total. The van der Waals surface area contributed by atoms with Crippen LogP contribution in [0.3, 0.4) is 0 Å². The molecule has 0 spiro atoms. The van der Waals surface area contributed by atoms with E-state index in [9.17, 15) is 4.39 Å². The lowest BCUT2D eigenvalue weighted by Gasteiger charge is -2.19. The molecule has 0 amide bonds. The maximum atomic E-state index is 13.3. The maximum absolute atomic E-state index is 13.3. The van der Waals surface area contributed by atoms with Crippen LogP contribution in [0.5, 0.6) is 5.75 Å². The molecular weight excluding hydrogens is 233 g/mol. The number of aliphatic hydroxyl groups excluding tert-OH is 1. The molecule has 0 aliphatic heterocycles. The van der Waals surface area contributed by atoms with Crippen LogP contribution in [0.2, 0.25) is 0 Å². The predicted octanol–water partition coefficient (Wildman–Crippen LogP) is 2.50. The van der Waals surface area contributed by atoms with Gasteiger partial charge in [-0.05, 0) is 31.7 Å². The fraction of sp³-hybridized carbons (Fsp3) is 0.571. The summed E-state index contributed by atoms with van der Waals surface area (Å²) in [5, 5.41) is 12.2. The minimum atomic E-state index is -0.266. The van der Waals surface area contributed by atoms with Gasteiger partial charge >= 0.3 is 0 Å². The first-order chi connectivity index (χ1) is 8.58. The van der Waals surface area contributed by atoms with E-state index >= 15 is 0 Å². The summed E-state index contributed by atoms with van der Waals surface area (Å²) in [6.45, 7) is 7.19. The summed E-state index contributed by atoms with van der Waals surface area (Å²) < 4.78 is 18.9. The molecule has 102 valence electrons. The van der Waals surface area contributed by atoms with E-state index in [1.54, 1.807) is 6.07 Å². The van der Waals surface area contributed by atoms with Crippen LogP contribution in [0.15, 0.2) is 18.2 Å². The molecule has 2 unspecified atom stereocenters. The second-order valence-electron chi connectivity index (χ2n) is 4.56. The highest BCUT2D eigenvalue weighted by Gasteiger charge is 2.13. The minimum absolute atomic E-state index is 0.0325. The third-order valence-corrected chi connectivity index (χ3v) is 2.78. The van der Waals surface area contributed by atoms with Crippen molar-refractivity contribution in [3.05, 3.63) is 29.6 Å². The Balaban J connectivity index is 2.82. The summed E-state index contributed by atoms with van der Waals surface area (Å²) in [5.41, 5.74) is 0.807. The normalized spacial score (nSPS) is 14.3. The lowest BCUT2D eigenvalue weighted by atomic mass is 10.1. The number of aliphatic hydroxyl groups is 1. The van der Waals surface area contributed by atoms with E-state index < -0.39 is 0 Å². The van der Waals surface area contributed by atoms with Crippen molar-refractivity contribution >= 4 is 0 Å². The molecule has 1 aromatic rings. The topological polar surface area (TPSA) is 41.5 Å². The number of benzene rings is 1. The Bertz CT molecular complexity index is 371. The van der Waals surface area contributed by atoms with E-state index in [0.29, 0.717) is 12.4 Å². The van der Waals surface area contributed by atoms with Crippen molar-refractivity contribution in [3.63, 3.8) is 0 Å². The Morgan fingerprint density at radius 3 is 2.72 bits per heavy atom. The van der Waals surface area contributed by atoms with Crippen molar-refractivity contribution in [1.29, 1.82) is 0 Å². The number of halogens is 1. The molecular formula is C14H22FNO2. The van der Waals surface area contributed by atoms with E-state index in [-0.39, 0.29) is 24.4 Å². The molecule has 0 aromatic heterocycles. The van der Waals surface area contributed by atoms with Crippen molar-refractivity contribution in [1.82, 2.24) is 5.32 Å². The Hall–Kier alpha value is -1.13. The van der Waals surface area contributed by atoms with Crippen molar-refractivity contribution in [2.24, 2.45) is 5.92 Å². The first-order valence-corrected chi connectivity index (χ1v) is 6.35. The largest absolute Gasteiger partial charge is 0.493 e. The van der Waals surface area contributed by atoms with E-state index in [0.717, 1.165) is 12.1 Å². The van der Waals surface area contributed by atoms with E-state index in [1.165, 1.54) is 12.1 Å². The Labute approximate surface area is 108 Å². The van der Waals surface area contributed by atoms with Gasteiger partial charge in [0.15, 0.2) is 0 Å². The van der Waals surface area contributed by atoms with Crippen LogP contribution in [-0.4, -0.2) is 24.9 Å². The summed E-state index contributed by atoms with van der Waals surface area (Å²) in [4.78, 5) is 0. The first-order valence-electron chi connectivity index (χ1n) is 6.35. The molecule has 1 aromatic carbocycles. The SMILES string of the molecule is CCNC(C)c1cc(F)ccc1OCC(C)CO. The standard InChI is InChI=1S/C14H22FNO2/c1-4-16-11(3)13-7-12(15)5-6-14(13)18-9-10(2)8-17/h5-7,10-11,16-17H,4,8-9H2,1-3H3. The van der Waals surface area contributed by atoms with Crippen molar-refractivity contribution in [2.45, 2.75) is 26.8 Å². The highest BCUT2D eigenvalue weighted by atomic mass is 19.1. The van der Waals surface area contributed by atoms with Gasteiger partial charge in [-0.2, -0.15) is 0 Å². The molecule has 2 atom stereocenters. The fourth-order valence-corrected chi connectivity index (χ4v) is 1.69. The zero-order chi connectivity index (χ0) is 13.5. The van der Waals surface area contributed by atoms with Gasteiger partial charge in [0.05, 0.1) is 6.61 Å². The molecule has 4 heteroatoms. The third kappa shape index (κ3) is 4.27. The van der Waals surface area contributed by atoms with Crippen molar-refractivity contribution < 1.29 is 14.2 Å². The van der Waals surface area contributed by atoms with Gasteiger partial charge in [0, 0.05) is 24.1 Å². The molecule has 18 heavy (non-hydrogen) atoms. The average molecular weight is 255 g/mol. The number of rotatable bonds is 7. The van der Waals surface area contributed by atoms with Gasteiger partial charge in [0.1, 0.15) is 11.6 Å². The number of ether oxygens (including phenoxy) is 1. The van der Waals surface area contributed by atoms with Gasteiger partial charge in [-0.15, -0.1) is 0 Å². The third-order valence-electron chi connectivity index (χ3n) is 2.78. The van der Waals surface area contributed by atoms with E-state index in [2.05, 4.69) is 5.32 Å². The van der Waals surface area contributed by atoms with Gasteiger partial charge in [0.25, 0.3) is 0 Å². The molecule has 0 aliphatic rings. The van der Waals surface area contributed by atoms with Crippen LogP contribution in [0.1, 0.15) is 32.4 Å². The number of nitrogens with one attached hydrogen (secondary N) is 1. The minimum Gasteiger partial charge on any atom is -0.493 e. The van der Waals surface area contributed by atoms with Gasteiger partial charge < -0.3 is 15.2 Å². The smallest absolute Gasteiger partial charge is 0.124 e. The van der Waals surface area contributed by atoms with Crippen LogP contribution in [0.4, 0.5) is 4.39 Å². The van der Waals surface area contributed by atoms with Crippen LogP contribution in [-0.2, 0) is 0 Å². The molecule has 0 aliphatic carbocycles. The van der Waals surface area contributed by atoms with Gasteiger partial charge in [-0.1, -0.05) is 13.8 Å². The molecule has 1 rings (SSSR count). The molecule has 0 fully saturated rings. The zero-order valence-corrected chi connectivity index (χ0v) is 11.2. The molecule has 0 radical (unpaired) electrons. The van der Waals surface area contributed by atoms with Crippen LogP contribution >= 0.6 is 0 Å². The van der Waals surface area contributed by atoms with Crippen LogP contribution in [0, 0.1) is 11.7 Å². The van der Waals surface area contributed by atoms with Gasteiger partial charge in [0.2, 0.25) is 0 Å². The lowest BCUT2D eigenvalue weighted by molar-refractivity contribution is 0.173. The predicted molar refractivity (Wildman–Crippen MR) is 70.2 cm³/mol. The average Bonchev–Trinajstić information content (AvgIpc) is 2.37. The molecule has 0 heterocycles. The maximum Gasteiger partial charge on any atom is 0.124 e. The monoisotopic (exact) mass is 255 g/mol. The highest BCUT2D eigenvalue weighted by molar-refractivity contribution is 5.36. The first kappa shape index (κ1) is 14.9. The summed E-state index contributed by atoms with van der Waals surface area (Å²) in [5.74, 6) is 0.472. The number of hydrogen-bond donors (Lipinski definition) is 2. The van der Waals surface area contributed by atoms with Gasteiger partial charge in [-0.3, -0.25) is 0 Å². The number of hydrogen-bond acceptors (Lipinski definition) is 3. The summed E-state index contributed by atoms with van der Waals surface area (Å²) >= 11 is 0.